The molecule has 0 aromatic carbocycles. The zero-order valence-corrected chi connectivity index (χ0v) is 10.3. The van der Waals surface area contributed by atoms with E-state index in [9.17, 15) is 0 Å². The summed E-state index contributed by atoms with van der Waals surface area (Å²) in [6, 6.07) is 0. The Kier molecular flexibility index (Phi) is 7.52. The lowest BCUT2D eigenvalue weighted by molar-refractivity contribution is 0.211. The molecular weight excluding hydrogens is 212 g/mol. The molecule has 90 valence electrons. The van der Waals surface area contributed by atoms with Gasteiger partial charge in [0.2, 0.25) is 0 Å². The minimum absolute atomic E-state index is 0. The Labute approximate surface area is 98.5 Å². The van der Waals surface area contributed by atoms with Gasteiger partial charge in [-0.1, -0.05) is 0 Å². The molecule has 1 rings (SSSR count). The van der Waals surface area contributed by atoms with Gasteiger partial charge in [-0.15, -0.1) is 12.4 Å². The molecule has 0 saturated carbocycles. The second-order valence-corrected chi connectivity index (χ2v) is 4.20. The SMILES string of the molecule is CN1CCC(CCCN=C(N)N)CC1.Cl. The van der Waals surface area contributed by atoms with Gasteiger partial charge in [0.1, 0.15) is 0 Å². The van der Waals surface area contributed by atoms with E-state index in [1.807, 2.05) is 0 Å². The van der Waals surface area contributed by atoms with Crippen LogP contribution in [-0.4, -0.2) is 37.5 Å². The molecule has 1 fully saturated rings. The monoisotopic (exact) mass is 234 g/mol. The molecular formula is C10H23ClN4. The minimum atomic E-state index is 0. The molecule has 0 radical (unpaired) electrons. The average molecular weight is 235 g/mol. The van der Waals surface area contributed by atoms with E-state index in [1.54, 1.807) is 0 Å². The molecule has 4 N–H and O–H groups in total. The van der Waals surface area contributed by atoms with Gasteiger partial charge in [-0.3, -0.25) is 4.99 Å². The quantitative estimate of drug-likeness (QED) is 0.430. The van der Waals surface area contributed by atoms with Gasteiger partial charge in [0.15, 0.2) is 5.96 Å². The highest BCUT2D eigenvalue weighted by atomic mass is 35.5. The fourth-order valence-corrected chi connectivity index (χ4v) is 1.94. The van der Waals surface area contributed by atoms with Crippen LogP contribution in [-0.2, 0) is 0 Å². The summed E-state index contributed by atoms with van der Waals surface area (Å²) >= 11 is 0. The number of nitrogens with two attached hydrogens (primary N) is 2. The first kappa shape index (κ1) is 14.5. The van der Waals surface area contributed by atoms with Crippen molar-refractivity contribution in [1.29, 1.82) is 0 Å². The predicted octanol–water partition coefficient (Wildman–Crippen LogP) is 0.804. The van der Waals surface area contributed by atoms with Crippen LogP contribution in [0.15, 0.2) is 4.99 Å². The molecule has 1 aliphatic heterocycles. The first-order valence-electron chi connectivity index (χ1n) is 5.42. The zero-order chi connectivity index (χ0) is 10.4. The van der Waals surface area contributed by atoms with E-state index >= 15 is 0 Å². The maximum absolute atomic E-state index is 5.25. The molecule has 0 amide bonds. The van der Waals surface area contributed by atoms with E-state index in [1.165, 1.54) is 32.4 Å². The number of rotatable bonds is 4. The number of hydrogen-bond acceptors (Lipinski definition) is 2. The Bertz CT molecular complexity index is 184. The largest absolute Gasteiger partial charge is 0.370 e. The highest BCUT2D eigenvalue weighted by molar-refractivity contribution is 5.85. The van der Waals surface area contributed by atoms with Crippen molar-refractivity contribution in [3.63, 3.8) is 0 Å². The van der Waals surface area contributed by atoms with E-state index in [2.05, 4.69) is 16.9 Å². The molecule has 0 aromatic heterocycles. The molecule has 1 aliphatic rings. The number of guanidine groups is 1. The van der Waals surface area contributed by atoms with Crippen LogP contribution in [0.25, 0.3) is 0 Å². The highest BCUT2D eigenvalue weighted by Crippen LogP contribution is 2.20. The van der Waals surface area contributed by atoms with Gasteiger partial charge in [0, 0.05) is 6.54 Å². The highest BCUT2D eigenvalue weighted by Gasteiger charge is 2.15. The lowest BCUT2D eigenvalue weighted by Crippen LogP contribution is -2.30. The molecule has 1 heterocycles. The van der Waals surface area contributed by atoms with E-state index in [4.69, 9.17) is 11.5 Å². The second kappa shape index (κ2) is 7.77. The van der Waals surface area contributed by atoms with Gasteiger partial charge in [-0.05, 0) is 51.7 Å². The van der Waals surface area contributed by atoms with Crippen LogP contribution in [0.5, 0.6) is 0 Å². The van der Waals surface area contributed by atoms with Crippen LogP contribution in [0.4, 0.5) is 0 Å². The topological polar surface area (TPSA) is 67.6 Å². The predicted molar refractivity (Wildman–Crippen MR) is 67.4 cm³/mol. The van der Waals surface area contributed by atoms with Gasteiger partial charge in [-0.2, -0.15) is 0 Å². The van der Waals surface area contributed by atoms with Crippen LogP contribution in [0.2, 0.25) is 0 Å². The third-order valence-electron chi connectivity index (χ3n) is 2.90. The van der Waals surface area contributed by atoms with Crippen LogP contribution in [0.1, 0.15) is 25.7 Å². The summed E-state index contributed by atoms with van der Waals surface area (Å²) in [5.74, 6) is 1.11. The van der Waals surface area contributed by atoms with Crippen molar-refractivity contribution in [2.24, 2.45) is 22.4 Å². The van der Waals surface area contributed by atoms with Crippen molar-refractivity contribution >= 4 is 18.4 Å². The van der Waals surface area contributed by atoms with Crippen molar-refractivity contribution in [3.8, 4) is 0 Å². The molecule has 1 saturated heterocycles. The number of likely N-dealkylation sites (tertiary alicyclic amines) is 1. The standard InChI is InChI=1S/C10H22N4.ClH/c1-14-7-4-9(5-8-14)3-2-6-13-10(11)12;/h9H,2-8H2,1H3,(H4,11,12,13);1H. The molecule has 0 atom stereocenters. The summed E-state index contributed by atoms with van der Waals surface area (Å²) in [7, 11) is 2.19. The molecule has 0 aliphatic carbocycles. The van der Waals surface area contributed by atoms with Crippen molar-refractivity contribution in [2.45, 2.75) is 25.7 Å². The fraction of sp³-hybridized carbons (Fsp3) is 0.900. The van der Waals surface area contributed by atoms with Gasteiger partial charge >= 0.3 is 0 Å². The van der Waals surface area contributed by atoms with E-state index < -0.39 is 0 Å². The van der Waals surface area contributed by atoms with Crippen molar-refractivity contribution in [1.82, 2.24) is 4.90 Å². The van der Waals surface area contributed by atoms with E-state index in [-0.39, 0.29) is 18.4 Å². The number of nitrogens with zero attached hydrogens (tertiary/aromatic N) is 2. The third-order valence-corrected chi connectivity index (χ3v) is 2.90. The second-order valence-electron chi connectivity index (χ2n) is 4.20. The summed E-state index contributed by atoms with van der Waals surface area (Å²) in [6.45, 7) is 3.27. The number of hydrogen-bond donors (Lipinski definition) is 2. The molecule has 0 spiro atoms. The third kappa shape index (κ3) is 6.57. The maximum Gasteiger partial charge on any atom is 0.185 e. The summed E-state index contributed by atoms with van der Waals surface area (Å²) in [6.07, 6.45) is 5.05. The molecule has 0 unspecified atom stereocenters. The minimum Gasteiger partial charge on any atom is -0.370 e. The summed E-state index contributed by atoms with van der Waals surface area (Å²) < 4.78 is 0. The van der Waals surface area contributed by atoms with Crippen molar-refractivity contribution in [2.75, 3.05) is 26.7 Å². The number of piperidine rings is 1. The Balaban J connectivity index is 0.00000196. The van der Waals surface area contributed by atoms with Crippen LogP contribution < -0.4 is 11.5 Å². The lowest BCUT2D eigenvalue weighted by atomic mass is 9.92. The maximum atomic E-state index is 5.25. The Morgan fingerprint density at radius 1 is 1.33 bits per heavy atom. The molecule has 4 nitrogen and oxygen atoms in total. The van der Waals surface area contributed by atoms with Gasteiger partial charge in [0.25, 0.3) is 0 Å². The van der Waals surface area contributed by atoms with Crippen LogP contribution in [0, 0.1) is 5.92 Å². The van der Waals surface area contributed by atoms with Crippen LogP contribution >= 0.6 is 12.4 Å². The first-order chi connectivity index (χ1) is 6.68. The molecule has 0 aromatic rings. The normalized spacial score (nSPS) is 18.2. The Morgan fingerprint density at radius 3 is 2.47 bits per heavy atom. The number of aliphatic imine (C=N–C) groups is 1. The summed E-state index contributed by atoms with van der Waals surface area (Å²) in [4.78, 5) is 6.38. The Morgan fingerprint density at radius 2 is 1.93 bits per heavy atom. The lowest BCUT2D eigenvalue weighted by Gasteiger charge is -2.28. The first-order valence-corrected chi connectivity index (χ1v) is 5.42. The van der Waals surface area contributed by atoms with E-state index in [0.29, 0.717) is 0 Å². The van der Waals surface area contributed by atoms with Gasteiger partial charge in [0.05, 0.1) is 0 Å². The van der Waals surface area contributed by atoms with Crippen LogP contribution in [0.3, 0.4) is 0 Å². The Hall–Kier alpha value is -0.480. The fourth-order valence-electron chi connectivity index (χ4n) is 1.94. The molecule has 5 heteroatoms. The average Bonchev–Trinajstić information content (AvgIpc) is 2.15. The molecule has 15 heavy (non-hydrogen) atoms. The van der Waals surface area contributed by atoms with Gasteiger partial charge < -0.3 is 16.4 Å². The van der Waals surface area contributed by atoms with E-state index in [0.717, 1.165) is 18.9 Å². The summed E-state index contributed by atoms with van der Waals surface area (Å²) in [5, 5.41) is 0. The van der Waals surface area contributed by atoms with Crippen molar-refractivity contribution in [3.05, 3.63) is 0 Å². The number of halogens is 1. The summed E-state index contributed by atoms with van der Waals surface area (Å²) in [5.41, 5.74) is 10.5. The smallest absolute Gasteiger partial charge is 0.185 e. The zero-order valence-electron chi connectivity index (χ0n) is 9.48. The van der Waals surface area contributed by atoms with Crippen molar-refractivity contribution < 1.29 is 0 Å². The molecule has 0 bridgehead atoms. The van der Waals surface area contributed by atoms with Gasteiger partial charge in [-0.25, -0.2) is 0 Å².